The summed E-state index contributed by atoms with van der Waals surface area (Å²) in [7, 11) is 1.57. The fourth-order valence-electron chi connectivity index (χ4n) is 3.27. The minimum Gasteiger partial charge on any atom is -0.497 e. The molecular formula is C19H21F3N2O3. The molecule has 1 amide bonds. The lowest BCUT2D eigenvalue weighted by atomic mass is 9.92. The first-order valence-electron chi connectivity index (χ1n) is 8.61. The summed E-state index contributed by atoms with van der Waals surface area (Å²) in [6.07, 6.45) is -4.54. The van der Waals surface area contributed by atoms with E-state index < -0.39 is 23.8 Å². The zero-order valence-corrected chi connectivity index (χ0v) is 15.0. The highest BCUT2D eigenvalue weighted by atomic mass is 19.4. The highest BCUT2D eigenvalue weighted by Gasteiger charge is 2.39. The number of rotatable bonds is 5. The summed E-state index contributed by atoms with van der Waals surface area (Å²) in [5.41, 5.74) is 0.877. The molecule has 2 heterocycles. The number of furan rings is 1. The standard InChI is InChI=1S/C19H21F3N2O3/c1-11(12-4-3-5-13(8-12)26-2)24-18(25)15-10-23-9-14(15)16-6-7-17(27-16)19(20,21)22/h3-8,11,14-15,23H,9-10H2,1-2H3,(H,24,25). The molecular weight excluding hydrogens is 361 g/mol. The van der Waals surface area contributed by atoms with Gasteiger partial charge in [0.05, 0.1) is 19.1 Å². The van der Waals surface area contributed by atoms with Gasteiger partial charge in [-0.2, -0.15) is 13.2 Å². The maximum atomic E-state index is 12.8. The van der Waals surface area contributed by atoms with Crippen molar-refractivity contribution in [1.82, 2.24) is 10.6 Å². The molecule has 0 bridgehead atoms. The van der Waals surface area contributed by atoms with Crippen LogP contribution in [-0.4, -0.2) is 26.1 Å². The highest BCUT2D eigenvalue weighted by Crippen LogP contribution is 2.36. The van der Waals surface area contributed by atoms with Crippen molar-refractivity contribution in [3.8, 4) is 5.75 Å². The molecule has 2 aromatic rings. The summed E-state index contributed by atoms with van der Waals surface area (Å²) in [4.78, 5) is 12.7. The Balaban J connectivity index is 1.70. The monoisotopic (exact) mass is 382 g/mol. The summed E-state index contributed by atoms with van der Waals surface area (Å²) < 4.78 is 48.5. The Morgan fingerprint density at radius 3 is 2.74 bits per heavy atom. The van der Waals surface area contributed by atoms with E-state index in [0.29, 0.717) is 18.8 Å². The van der Waals surface area contributed by atoms with E-state index in [2.05, 4.69) is 10.6 Å². The van der Waals surface area contributed by atoms with E-state index in [1.807, 2.05) is 31.2 Å². The number of methoxy groups -OCH3 is 1. The zero-order chi connectivity index (χ0) is 19.6. The summed E-state index contributed by atoms with van der Waals surface area (Å²) >= 11 is 0. The smallest absolute Gasteiger partial charge is 0.449 e. The van der Waals surface area contributed by atoms with Crippen LogP contribution in [0.15, 0.2) is 40.8 Å². The van der Waals surface area contributed by atoms with E-state index in [-0.39, 0.29) is 17.7 Å². The maximum Gasteiger partial charge on any atom is 0.449 e. The van der Waals surface area contributed by atoms with Crippen molar-refractivity contribution in [2.75, 3.05) is 20.2 Å². The van der Waals surface area contributed by atoms with E-state index in [1.54, 1.807) is 7.11 Å². The fraction of sp³-hybridized carbons (Fsp3) is 0.421. The quantitative estimate of drug-likeness (QED) is 0.831. The van der Waals surface area contributed by atoms with Crippen molar-refractivity contribution in [2.24, 2.45) is 5.92 Å². The minimum absolute atomic E-state index is 0.168. The average Bonchev–Trinajstić information content (AvgIpc) is 3.30. The van der Waals surface area contributed by atoms with Crippen molar-refractivity contribution < 1.29 is 27.1 Å². The van der Waals surface area contributed by atoms with Crippen LogP contribution in [-0.2, 0) is 11.0 Å². The molecule has 2 N–H and O–H groups in total. The largest absolute Gasteiger partial charge is 0.497 e. The molecule has 146 valence electrons. The number of ether oxygens (including phenoxy) is 1. The Morgan fingerprint density at radius 1 is 1.30 bits per heavy atom. The second kappa shape index (κ2) is 7.64. The molecule has 1 fully saturated rings. The molecule has 27 heavy (non-hydrogen) atoms. The number of hydrogen-bond donors (Lipinski definition) is 2. The number of halogens is 3. The number of hydrogen-bond acceptors (Lipinski definition) is 4. The Morgan fingerprint density at radius 2 is 2.07 bits per heavy atom. The molecule has 3 unspecified atom stereocenters. The predicted molar refractivity (Wildman–Crippen MR) is 92.4 cm³/mol. The highest BCUT2D eigenvalue weighted by molar-refractivity contribution is 5.80. The van der Waals surface area contributed by atoms with Crippen LogP contribution in [0.5, 0.6) is 5.75 Å². The van der Waals surface area contributed by atoms with Gasteiger partial charge < -0.3 is 19.8 Å². The van der Waals surface area contributed by atoms with E-state index in [9.17, 15) is 18.0 Å². The number of alkyl halides is 3. The maximum absolute atomic E-state index is 12.8. The molecule has 1 aromatic heterocycles. The summed E-state index contributed by atoms with van der Waals surface area (Å²) in [5, 5.41) is 5.99. The van der Waals surface area contributed by atoms with Crippen LogP contribution in [0.2, 0.25) is 0 Å². The average molecular weight is 382 g/mol. The third-order valence-electron chi connectivity index (χ3n) is 4.78. The first-order valence-corrected chi connectivity index (χ1v) is 8.61. The fourth-order valence-corrected chi connectivity index (χ4v) is 3.27. The third kappa shape index (κ3) is 4.27. The van der Waals surface area contributed by atoms with Crippen molar-refractivity contribution in [3.05, 3.63) is 53.5 Å². The predicted octanol–water partition coefficient (Wildman–Crippen LogP) is 3.49. The first-order chi connectivity index (χ1) is 12.8. The van der Waals surface area contributed by atoms with Crippen LogP contribution in [0.25, 0.3) is 0 Å². The SMILES string of the molecule is COc1cccc(C(C)NC(=O)C2CNCC2c2ccc(C(F)(F)F)o2)c1. The molecule has 1 aromatic carbocycles. The molecule has 0 saturated carbocycles. The number of carbonyl (C=O) groups is 1. The van der Waals surface area contributed by atoms with Crippen molar-refractivity contribution in [3.63, 3.8) is 0 Å². The first kappa shape index (κ1) is 19.3. The molecule has 1 aliphatic rings. The minimum atomic E-state index is -4.54. The topological polar surface area (TPSA) is 63.5 Å². The zero-order valence-electron chi connectivity index (χ0n) is 15.0. The van der Waals surface area contributed by atoms with Crippen LogP contribution in [0.1, 0.15) is 36.0 Å². The van der Waals surface area contributed by atoms with Gasteiger partial charge in [-0.25, -0.2) is 0 Å². The normalized spacial score (nSPS) is 21.1. The van der Waals surface area contributed by atoms with Crippen molar-refractivity contribution >= 4 is 5.91 Å². The lowest BCUT2D eigenvalue weighted by molar-refractivity contribution is -0.153. The summed E-state index contributed by atoms with van der Waals surface area (Å²) in [5.74, 6) is -1.38. The van der Waals surface area contributed by atoms with Crippen LogP contribution in [0.3, 0.4) is 0 Å². The molecule has 5 nitrogen and oxygen atoms in total. The van der Waals surface area contributed by atoms with Gasteiger partial charge in [-0.05, 0) is 36.8 Å². The summed E-state index contributed by atoms with van der Waals surface area (Å²) in [6, 6.07) is 9.28. The van der Waals surface area contributed by atoms with Gasteiger partial charge >= 0.3 is 6.18 Å². The van der Waals surface area contributed by atoms with Crippen LogP contribution < -0.4 is 15.4 Å². The Kier molecular flexibility index (Phi) is 5.46. The molecule has 0 radical (unpaired) electrons. The van der Waals surface area contributed by atoms with Gasteiger partial charge in [-0.1, -0.05) is 12.1 Å². The molecule has 1 aliphatic heterocycles. The lowest BCUT2D eigenvalue weighted by Gasteiger charge is -2.21. The Bertz CT molecular complexity index is 803. The van der Waals surface area contributed by atoms with Crippen molar-refractivity contribution in [2.45, 2.75) is 25.1 Å². The number of nitrogens with one attached hydrogen (secondary N) is 2. The molecule has 3 rings (SSSR count). The Hall–Kier alpha value is -2.48. The Labute approximate surface area is 154 Å². The number of amides is 1. The third-order valence-corrected chi connectivity index (χ3v) is 4.78. The van der Waals surface area contributed by atoms with Gasteiger partial charge in [-0.15, -0.1) is 0 Å². The van der Waals surface area contributed by atoms with Gasteiger partial charge in [-0.3, -0.25) is 4.79 Å². The van der Waals surface area contributed by atoms with Gasteiger partial charge in [0, 0.05) is 19.0 Å². The second-order valence-corrected chi connectivity index (χ2v) is 6.58. The number of benzene rings is 1. The van der Waals surface area contributed by atoms with Crippen LogP contribution in [0.4, 0.5) is 13.2 Å². The molecule has 8 heteroatoms. The molecule has 0 aliphatic carbocycles. The lowest BCUT2D eigenvalue weighted by Crippen LogP contribution is -2.35. The van der Waals surface area contributed by atoms with E-state index in [1.165, 1.54) is 6.07 Å². The van der Waals surface area contributed by atoms with Crippen LogP contribution in [0, 0.1) is 5.92 Å². The van der Waals surface area contributed by atoms with E-state index in [4.69, 9.17) is 9.15 Å². The molecule has 3 atom stereocenters. The molecule has 0 spiro atoms. The van der Waals surface area contributed by atoms with E-state index in [0.717, 1.165) is 11.6 Å². The van der Waals surface area contributed by atoms with Gasteiger partial charge in [0.25, 0.3) is 0 Å². The second-order valence-electron chi connectivity index (χ2n) is 6.58. The van der Waals surface area contributed by atoms with Gasteiger partial charge in [0.1, 0.15) is 11.5 Å². The van der Waals surface area contributed by atoms with Gasteiger partial charge in [0.2, 0.25) is 11.7 Å². The van der Waals surface area contributed by atoms with Crippen LogP contribution >= 0.6 is 0 Å². The summed E-state index contributed by atoms with van der Waals surface area (Å²) in [6.45, 7) is 2.61. The van der Waals surface area contributed by atoms with E-state index >= 15 is 0 Å². The van der Waals surface area contributed by atoms with Gasteiger partial charge in [0.15, 0.2) is 0 Å². The number of carbonyl (C=O) groups excluding carboxylic acids is 1. The van der Waals surface area contributed by atoms with Crippen molar-refractivity contribution in [1.29, 1.82) is 0 Å². The molecule has 1 saturated heterocycles.